The normalized spacial score (nSPS) is 11.9. The van der Waals surface area contributed by atoms with E-state index in [-0.39, 0.29) is 18.4 Å². The maximum atomic E-state index is 12.5. The minimum atomic E-state index is -0.527. The van der Waals surface area contributed by atoms with Crippen LogP contribution in [-0.4, -0.2) is 29.3 Å². The fourth-order valence-corrected chi connectivity index (χ4v) is 2.94. The summed E-state index contributed by atoms with van der Waals surface area (Å²) in [5.41, 5.74) is 0.669. The zero-order valence-electron chi connectivity index (χ0n) is 13.9. The van der Waals surface area contributed by atoms with Gasteiger partial charge in [-0.05, 0) is 31.9 Å². The highest BCUT2D eigenvalue weighted by Crippen LogP contribution is 2.27. The minimum absolute atomic E-state index is 0.0680. The molecular weight excluding hydrogens is 335 g/mol. The van der Waals surface area contributed by atoms with Gasteiger partial charge in [-0.25, -0.2) is 0 Å². The SMILES string of the molecule is CCCC(=O)N(Cc1c(Cl)cccc1Cl)[C@@H](CC)C(=O)NCC. The van der Waals surface area contributed by atoms with E-state index in [2.05, 4.69) is 5.32 Å². The topological polar surface area (TPSA) is 49.4 Å². The summed E-state index contributed by atoms with van der Waals surface area (Å²) in [4.78, 5) is 26.4. The van der Waals surface area contributed by atoms with Gasteiger partial charge >= 0.3 is 0 Å². The highest BCUT2D eigenvalue weighted by molar-refractivity contribution is 6.36. The Balaban J connectivity index is 3.14. The number of likely N-dealkylation sites (N-methyl/N-ethyl adjacent to an activating group) is 1. The van der Waals surface area contributed by atoms with Crippen LogP contribution in [0, 0.1) is 0 Å². The lowest BCUT2D eigenvalue weighted by Crippen LogP contribution is -2.49. The molecular formula is C17H24Cl2N2O2. The van der Waals surface area contributed by atoms with E-state index < -0.39 is 6.04 Å². The van der Waals surface area contributed by atoms with Crippen LogP contribution in [0.15, 0.2) is 18.2 Å². The molecule has 0 bridgehead atoms. The molecule has 0 radical (unpaired) electrons. The molecule has 0 spiro atoms. The predicted molar refractivity (Wildman–Crippen MR) is 94.7 cm³/mol. The van der Waals surface area contributed by atoms with Crippen LogP contribution in [0.2, 0.25) is 10.0 Å². The first-order valence-corrected chi connectivity index (χ1v) is 8.71. The summed E-state index contributed by atoms with van der Waals surface area (Å²) in [7, 11) is 0. The third-order valence-electron chi connectivity index (χ3n) is 3.59. The first kappa shape index (κ1) is 19.8. The second kappa shape index (κ2) is 9.78. The Labute approximate surface area is 148 Å². The van der Waals surface area contributed by atoms with Gasteiger partial charge in [-0.2, -0.15) is 0 Å². The number of nitrogens with one attached hydrogen (secondary N) is 1. The molecule has 4 nitrogen and oxygen atoms in total. The molecule has 23 heavy (non-hydrogen) atoms. The van der Waals surface area contributed by atoms with Crippen LogP contribution in [0.4, 0.5) is 0 Å². The van der Waals surface area contributed by atoms with Gasteiger partial charge in [0.2, 0.25) is 11.8 Å². The van der Waals surface area contributed by atoms with Gasteiger partial charge in [-0.3, -0.25) is 9.59 Å². The lowest BCUT2D eigenvalue weighted by molar-refractivity contribution is -0.141. The number of benzene rings is 1. The van der Waals surface area contributed by atoms with E-state index in [0.717, 1.165) is 6.42 Å². The Morgan fingerprint density at radius 3 is 2.26 bits per heavy atom. The summed E-state index contributed by atoms with van der Waals surface area (Å²) >= 11 is 12.4. The van der Waals surface area contributed by atoms with Gasteiger partial charge in [0, 0.05) is 35.1 Å². The zero-order valence-corrected chi connectivity index (χ0v) is 15.4. The van der Waals surface area contributed by atoms with E-state index in [4.69, 9.17) is 23.2 Å². The average Bonchev–Trinajstić information content (AvgIpc) is 2.50. The van der Waals surface area contributed by atoms with Crippen molar-refractivity contribution < 1.29 is 9.59 Å². The van der Waals surface area contributed by atoms with E-state index >= 15 is 0 Å². The van der Waals surface area contributed by atoms with Crippen molar-refractivity contribution >= 4 is 35.0 Å². The van der Waals surface area contributed by atoms with Gasteiger partial charge in [0.15, 0.2) is 0 Å². The fourth-order valence-electron chi connectivity index (χ4n) is 2.42. The Morgan fingerprint density at radius 2 is 1.78 bits per heavy atom. The molecule has 1 aromatic carbocycles. The molecule has 2 amide bonds. The molecule has 0 aliphatic carbocycles. The van der Waals surface area contributed by atoms with E-state index in [0.29, 0.717) is 35.0 Å². The monoisotopic (exact) mass is 358 g/mol. The van der Waals surface area contributed by atoms with Crippen LogP contribution in [-0.2, 0) is 16.1 Å². The third-order valence-corrected chi connectivity index (χ3v) is 4.30. The molecule has 128 valence electrons. The fraction of sp³-hybridized carbons (Fsp3) is 0.529. The standard InChI is InChI=1S/C17H24Cl2N2O2/c1-4-8-16(22)21(15(5-2)17(23)20-6-3)11-12-13(18)9-7-10-14(12)19/h7,9-10,15H,4-6,8,11H2,1-3H3,(H,20,23)/t15-/m0/s1. The van der Waals surface area contributed by atoms with Crippen molar-refractivity contribution in [3.8, 4) is 0 Å². The highest BCUT2D eigenvalue weighted by atomic mass is 35.5. The molecule has 0 aliphatic heterocycles. The van der Waals surface area contributed by atoms with Crippen molar-refractivity contribution in [2.45, 2.75) is 52.6 Å². The number of nitrogens with zero attached hydrogens (tertiary/aromatic N) is 1. The van der Waals surface area contributed by atoms with Crippen molar-refractivity contribution in [3.05, 3.63) is 33.8 Å². The molecule has 0 aromatic heterocycles. The van der Waals surface area contributed by atoms with Gasteiger partial charge < -0.3 is 10.2 Å². The predicted octanol–water partition coefficient (Wildman–Crippen LogP) is 4.04. The molecule has 0 fully saturated rings. The number of amides is 2. The zero-order chi connectivity index (χ0) is 17.4. The van der Waals surface area contributed by atoms with Gasteiger partial charge in [-0.15, -0.1) is 0 Å². The number of rotatable bonds is 8. The first-order chi connectivity index (χ1) is 11.0. The van der Waals surface area contributed by atoms with Crippen LogP contribution in [0.5, 0.6) is 0 Å². The van der Waals surface area contributed by atoms with Gasteiger partial charge in [-0.1, -0.05) is 43.1 Å². The molecule has 0 aliphatic rings. The Bertz CT molecular complexity index is 529. The number of carbonyl (C=O) groups is 2. The second-order valence-corrected chi connectivity index (χ2v) is 6.10. The summed E-state index contributed by atoms with van der Waals surface area (Å²) in [5.74, 6) is -0.218. The van der Waals surface area contributed by atoms with Crippen LogP contribution >= 0.6 is 23.2 Å². The van der Waals surface area contributed by atoms with Crippen molar-refractivity contribution in [1.82, 2.24) is 10.2 Å². The quantitative estimate of drug-likeness (QED) is 0.762. The highest BCUT2D eigenvalue weighted by Gasteiger charge is 2.28. The van der Waals surface area contributed by atoms with E-state index in [1.807, 2.05) is 20.8 Å². The summed E-state index contributed by atoms with van der Waals surface area (Å²) < 4.78 is 0. The van der Waals surface area contributed by atoms with Gasteiger partial charge in [0.1, 0.15) is 6.04 Å². The number of carbonyl (C=O) groups excluding carboxylic acids is 2. The van der Waals surface area contributed by atoms with Crippen molar-refractivity contribution in [1.29, 1.82) is 0 Å². The first-order valence-electron chi connectivity index (χ1n) is 7.96. The molecule has 1 aromatic rings. The molecule has 1 rings (SSSR count). The third kappa shape index (κ3) is 5.40. The van der Waals surface area contributed by atoms with Crippen molar-refractivity contribution in [2.75, 3.05) is 6.54 Å². The molecule has 0 saturated heterocycles. The number of halogens is 2. The summed E-state index contributed by atoms with van der Waals surface area (Å²) in [6.07, 6.45) is 1.64. The summed E-state index contributed by atoms with van der Waals surface area (Å²) in [6.45, 7) is 6.44. The summed E-state index contributed by atoms with van der Waals surface area (Å²) in [5, 5.41) is 3.79. The molecule has 6 heteroatoms. The van der Waals surface area contributed by atoms with Crippen LogP contribution in [0.25, 0.3) is 0 Å². The second-order valence-electron chi connectivity index (χ2n) is 5.29. The number of hydrogen-bond donors (Lipinski definition) is 1. The molecule has 1 N–H and O–H groups in total. The Kier molecular flexibility index (Phi) is 8.42. The van der Waals surface area contributed by atoms with Gasteiger partial charge in [0.05, 0.1) is 0 Å². The number of hydrogen-bond acceptors (Lipinski definition) is 2. The maximum absolute atomic E-state index is 12.5. The van der Waals surface area contributed by atoms with Crippen LogP contribution in [0.3, 0.4) is 0 Å². The molecule has 1 atom stereocenters. The van der Waals surface area contributed by atoms with Crippen LogP contribution < -0.4 is 5.32 Å². The van der Waals surface area contributed by atoms with E-state index in [1.165, 1.54) is 0 Å². The molecule has 0 heterocycles. The average molecular weight is 359 g/mol. The van der Waals surface area contributed by atoms with Crippen LogP contribution in [0.1, 0.15) is 45.6 Å². The Hall–Kier alpha value is -1.26. The summed E-state index contributed by atoms with van der Waals surface area (Å²) in [6, 6.07) is 4.70. The van der Waals surface area contributed by atoms with E-state index in [9.17, 15) is 9.59 Å². The lowest BCUT2D eigenvalue weighted by Gasteiger charge is -2.31. The molecule has 0 unspecified atom stereocenters. The Morgan fingerprint density at radius 1 is 1.17 bits per heavy atom. The smallest absolute Gasteiger partial charge is 0.242 e. The lowest BCUT2D eigenvalue weighted by atomic mass is 10.1. The molecule has 0 saturated carbocycles. The maximum Gasteiger partial charge on any atom is 0.242 e. The minimum Gasteiger partial charge on any atom is -0.355 e. The van der Waals surface area contributed by atoms with Crippen molar-refractivity contribution in [2.24, 2.45) is 0 Å². The van der Waals surface area contributed by atoms with E-state index in [1.54, 1.807) is 23.1 Å². The van der Waals surface area contributed by atoms with Gasteiger partial charge in [0.25, 0.3) is 0 Å². The van der Waals surface area contributed by atoms with Crippen molar-refractivity contribution in [3.63, 3.8) is 0 Å². The largest absolute Gasteiger partial charge is 0.355 e.